The molecule has 3 heterocycles. The van der Waals surface area contributed by atoms with E-state index in [2.05, 4.69) is 32.3 Å². The van der Waals surface area contributed by atoms with Gasteiger partial charge in [-0.2, -0.15) is 15.7 Å². The highest BCUT2D eigenvalue weighted by atomic mass is 32.1. The molecule has 0 saturated heterocycles. The minimum absolute atomic E-state index is 0.150. The van der Waals surface area contributed by atoms with E-state index >= 15 is 0 Å². The van der Waals surface area contributed by atoms with Crippen LogP contribution in [0.4, 0.5) is 10.1 Å². The summed E-state index contributed by atoms with van der Waals surface area (Å²) >= 11 is 2.81. The molecule has 2 amide bonds. The topological polar surface area (TPSA) is 132 Å². The Bertz CT molecular complexity index is 1550. The van der Waals surface area contributed by atoms with Gasteiger partial charge in [-0.25, -0.2) is 9.97 Å². The first-order valence-electron chi connectivity index (χ1n) is 11.3. The van der Waals surface area contributed by atoms with E-state index in [9.17, 15) is 14.0 Å². The van der Waals surface area contributed by atoms with E-state index in [0.717, 1.165) is 21.6 Å². The van der Waals surface area contributed by atoms with Crippen LogP contribution >= 0.6 is 22.7 Å². The maximum atomic E-state index is 13.2. The third-order valence-electron chi connectivity index (χ3n) is 5.14. The van der Waals surface area contributed by atoms with E-state index in [1.54, 1.807) is 23.8 Å². The Hall–Kier alpha value is -4.26. The van der Waals surface area contributed by atoms with Crippen LogP contribution in [0.5, 0.6) is 0 Å². The summed E-state index contributed by atoms with van der Waals surface area (Å²) in [7, 11) is 0. The van der Waals surface area contributed by atoms with E-state index in [1.807, 2.05) is 29.0 Å². The molecule has 0 unspecified atom stereocenters. The van der Waals surface area contributed by atoms with Gasteiger partial charge in [-0.15, -0.1) is 11.3 Å². The lowest BCUT2D eigenvalue weighted by Crippen LogP contribution is -2.30. The van der Waals surface area contributed by atoms with E-state index in [-0.39, 0.29) is 18.9 Å². The van der Waals surface area contributed by atoms with Crippen molar-refractivity contribution in [2.75, 3.05) is 25.1 Å². The van der Waals surface area contributed by atoms with Crippen LogP contribution in [0.3, 0.4) is 0 Å². The first-order valence-corrected chi connectivity index (χ1v) is 13.1. The Morgan fingerprint density at radius 3 is 2.76 bits per heavy atom. The van der Waals surface area contributed by atoms with Crippen LogP contribution in [0, 0.1) is 5.95 Å². The van der Waals surface area contributed by atoms with Gasteiger partial charge in [-0.1, -0.05) is 0 Å². The number of thiazole rings is 1. The van der Waals surface area contributed by atoms with E-state index < -0.39 is 17.8 Å². The van der Waals surface area contributed by atoms with Crippen LogP contribution < -0.4 is 26.8 Å². The molecular formula is C26H23FN6O3S2. The van der Waals surface area contributed by atoms with Gasteiger partial charge in [0.1, 0.15) is 17.3 Å². The predicted octanol–water partition coefficient (Wildman–Crippen LogP) is 2.59. The van der Waals surface area contributed by atoms with Gasteiger partial charge in [0.25, 0.3) is 5.91 Å². The summed E-state index contributed by atoms with van der Waals surface area (Å²) in [5.41, 5.74) is 8.22. The van der Waals surface area contributed by atoms with E-state index in [0.29, 0.717) is 22.8 Å². The molecule has 0 aliphatic heterocycles. The second-order valence-electron chi connectivity index (χ2n) is 7.83. The number of anilines is 1. The Balaban J connectivity index is 1.63. The van der Waals surface area contributed by atoms with Crippen LogP contribution in [0.15, 0.2) is 57.7 Å². The zero-order chi connectivity index (χ0) is 26.9. The molecule has 0 spiro atoms. The predicted molar refractivity (Wildman–Crippen MR) is 149 cm³/mol. The monoisotopic (exact) mass is 550 g/mol. The molecule has 3 aromatic heterocycles. The molecule has 12 heteroatoms. The highest BCUT2D eigenvalue weighted by molar-refractivity contribution is 7.13. The van der Waals surface area contributed by atoms with Crippen LogP contribution in [0.1, 0.15) is 10.5 Å². The van der Waals surface area contributed by atoms with Crippen molar-refractivity contribution in [3.05, 3.63) is 74.7 Å². The number of aliphatic imine (C=N–C) groups is 1. The minimum Gasteiger partial charge on any atom is -0.388 e. The standard InChI is InChI=1S/C26H23FN6O3S2/c1-29-10-18-8-20(17-4-7-37-14-17)21(9-19(18)11-30-5-6-36-13-24(28)34)32-25(35)22-15-38-26(33-22)16-2-3-23(27)31-12-16/h2-4,7-12,14-15,30H,1,5-6,13H2,(H2,28,34)(H,32,35)/b18-10+,19-11-. The minimum atomic E-state index is -0.586. The lowest BCUT2D eigenvalue weighted by molar-refractivity contribution is -0.122. The normalized spacial score (nSPS) is 11.9. The van der Waals surface area contributed by atoms with Crippen LogP contribution in [0.25, 0.3) is 34.1 Å². The summed E-state index contributed by atoms with van der Waals surface area (Å²) in [5.74, 6) is -1.51. The lowest BCUT2D eigenvalue weighted by atomic mass is 10.0. The van der Waals surface area contributed by atoms with Crippen LogP contribution in [-0.2, 0) is 9.53 Å². The molecule has 0 saturated carbocycles. The molecule has 1 aromatic carbocycles. The maximum Gasteiger partial charge on any atom is 0.275 e. The summed E-state index contributed by atoms with van der Waals surface area (Å²) in [6, 6.07) is 8.52. The molecule has 4 aromatic rings. The van der Waals surface area contributed by atoms with Gasteiger partial charge in [-0.05, 0) is 53.4 Å². The van der Waals surface area contributed by atoms with Gasteiger partial charge in [0.05, 0.1) is 6.61 Å². The third-order valence-corrected chi connectivity index (χ3v) is 6.71. The van der Waals surface area contributed by atoms with Crippen molar-refractivity contribution in [2.24, 2.45) is 10.7 Å². The van der Waals surface area contributed by atoms with Gasteiger partial charge in [-0.3, -0.25) is 14.6 Å². The zero-order valence-corrected chi connectivity index (χ0v) is 21.7. The lowest BCUT2D eigenvalue weighted by Gasteiger charge is -2.11. The Morgan fingerprint density at radius 1 is 1.18 bits per heavy atom. The number of nitrogens with two attached hydrogens (primary N) is 1. The van der Waals surface area contributed by atoms with E-state index in [4.69, 9.17) is 10.5 Å². The second kappa shape index (κ2) is 12.8. The fourth-order valence-electron chi connectivity index (χ4n) is 3.41. The Labute approximate surface area is 225 Å². The van der Waals surface area contributed by atoms with Crippen molar-refractivity contribution in [1.29, 1.82) is 0 Å². The molecule has 9 nitrogen and oxygen atoms in total. The number of carbonyl (C=O) groups is 2. The van der Waals surface area contributed by atoms with Crippen molar-refractivity contribution in [3.8, 4) is 21.7 Å². The third kappa shape index (κ3) is 6.94. The highest BCUT2D eigenvalue weighted by Gasteiger charge is 2.15. The number of hydrogen-bond acceptors (Lipinski definition) is 9. The number of ether oxygens (including phenoxy) is 1. The van der Waals surface area contributed by atoms with Crippen LogP contribution in [-0.4, -0.2) is 48.3 Å². The van der Waals surface area contributed by atoms with Gasteiger partial charge in [0.2, 0.25) is 11.9 Å². The molecule has 0 bridgehead atoms. The van der Waals surface area contributed by atoms with E-state index in [1.165, 1.54) is 34.9 Å². The summed E-state index contributed by atoms with van der Waals surface area (Å²) in [5, 5.41) is 13.8. The number of aromatic nitrogens is 2. The number of halogens is 1. The number of primary amides is 1. The van der Waals surface area contributed by atoms with Gasteiger partial charge < -0.3 is 21.1 Å². The summed E-state index contributed by atoms with van der Waals surface area (Å²) in [6.45, 7) is 4.13. The van der Waals surface area contributed by atoms with Crippen molar-refractivity contribution in [1.82, 2.24) is 15.3 Å². The SMILES string of the molecule is C=N/C=c1\cc(-c2ccsc2)c(NC(=O)c2csc(-c3ccc(F)nc3)n2)c\c1=C\NCCOCC(N)=O. The Morgan fingerprint density at radius 2 is 2.05 bits per heavy atom. The molecule has 0 atom stereocenters. The zero-order valence-electron chi connectivity index (χ0n) is 20.0. The number of thiophene rings is 1. The molecule has 38 heavy (non-hydrogen) atoms. The second-order valence-corrected chi connectivity index (χ2v) is 9.47. The number of amides is 2. The average Bonchev–Trinajstić information content (AvgIpc) is 3.61. The number of benzene rings is 1. The summed E-state index contributed by atoms with van der Waals surface area (Å²) < 4.78 is 18.3. The maximum absolute atomic E-state index is 13.2. The first kappa shape index (κ1) is 26.8. The molecular weight excluding hydrogens is 527 g/mol. The van der Waals surface area contributed by atoms with Crippen molar-refractivity contribution < 1.29 is 18.7 Å². The van der Waals surface area contributed by atoms with Gasteiger partial charge in [0, 0.05) is 57.8 Å². The molecule has 0 aliphatic carbocycles. The van der Waals surface area contributed by atoms with Gasteiger partial charge in [0.15, 0.2) is 0 Å². The summed E-state index contributed by atoms with van der Waals surface area (Å²) in [6.07, 6.45) is 4.77. The number of nitrogens with zero attached hydrogens (tertiary/aromatic N) is 3. The van der Waals surface area contributed by atoms with Crippen molar-refractivity contribution >= 4 is 59.3 Å². The quantitative estimate of drug-likeness (QED) is 0.149. The largest absolute Gasteiger partial charge is 0.388 e. The van der Waals surface area contributed by atoms with Crippen molar-refractivity contribution in [3.63, 3.8) is 0 Å². The number of carbonyl (C=O) groups excluding carboxylic acids is 2. The molecule has 0 fully saturated rings. The Kier molecular flexibility index (Phi) is 9.03. The molecule has 0 aliphatic rings. The molecule has 194 valence electrons. The molecule has 4 N–H and O–H groups in total. The number of rotatable bonds is 11. The fourth-order valence-corrected chi connectivity index (χ4v) is 4.86. The van der Waals surface area contributed by atoms with Gasteiger partial charge >= 0.3 is 0 Å². The average molecular weight is 551 g/mol. The smallest absolute Gasteiger partial charge is 0.275 e. The molecule has 0 radical (unpaired) electrons. The number of hydrogen-bond donors (Lipinski definition) is 3. The van der Waals surface area contributed by atoms with Crippen molar-refractivity contribution in [2.45, 2.75) is 0 Å². The first-order chi connectivity index (χ1) is 18.4. The number of nitrogens with one attached hydrogen (secondary N) is 2. The van der Waals surface area contributed by atoms with Crippen LogP contribution in [0.2, 0.25) is 0 Å². The number of pyridine rings is 1. The summed E-state index contributed by atoms with van der Waals surface area (Å²) in [4.78, 5) is 36.0. The highest BCUT2D eigenvalue weighted by Crippen LogP contribution is 2.29. The fraction of sp³-hybridized carbons (Fsp3) is 0.115. The molecule has 4 rings (SSSR count).